The Morgan fingerprint density at radius 2 is 1.91 bits per heavy atom. The number of hydrogen-bond acceptors (Lipinski definition) is 6. The quantitative estimate of drug-likeness (QED) is 0.530. The summed E-state index contributed by atoms with van der Waals surface area (Å²) < 4.78 is 5.31. The molecule has 1 aromatic heterocycles. The molecule has 33 heavy (non-hydrogen) atoms. The van der Waals surface area contributed by atoms with Crippen LogP contribution in [0, 0.1) is 11.3 Å². The lowest BCUT2D eigenvalue weighted by Crippen LogP contribution is -2.51. The number of rotatable bonds is 9. The number of amides is 1. The van der Waals surface area contributed by atoms with E-state index in [0.717, 1.165) is 36.3 Å². The molecular formula is C26H27N5O2. The van der Waals surface area contributed by atoms with Crippen molar-refractivity contribution in [3.63, 3.8) is 0 Å². The largest absolute Gasteiger partial charge is 0.378 e. The van der Waals surface area contributed by atoms with Crippen LogP contribution in [0.4, 0.5) is 11.5 Å². The van der Waals surface area contributed by atoms with E-state index < -0.39 is 6.04 Å². The van der Waals surface area contributed by atoms with Gasteiger partial charge in [-0.2, -0.15) is 5.26 Å². The fourth-order valence-corrected chi connectivity index (χ4v) is 3.76. The van der Waals surface area contributed by atoms with Crippen molar-refractivity contribution in [1.29, 1.82) is 5.26 Å². The summed E-state index contributed by atoms with van der Waals surface area (Å²) in [5.41, 5.74) is 3.64. The maximum absolute atomic E-state index is 13.1. The van der Waals surface area contributed by atoms with Gasteiger partial charge in [0.2, 0.25) is 5.91 Å². The summed E-state index contributed by atoms with van der Waals surface area (Å²) in [4.78, 5) is 19.7. The third-order valence-corrected chi connectivity index (χ3v) is 5.79. The summed E-state index contributed by atoms with van der Waals surface area (Å²) in [5, 5.41) is 15.2. The number of pyridine rings is 1. The number of nitrogens with one attached hydrogen (secondary N) is 2. The highest BCUT2D eigenvalue weighted by atomic mass is 16.5. The van der Waals surface area contributed by atoms with Crippen molar-refractivity contribution in [2.24, 2.45) is 0 Å². The average molecular weight is 442 g/mol. The van der Waals surface area contributed by atoms with Crippen molar-refractivity contribution in [1.82, 2.24) is 10.3 Å². The van der Waals surface area contributed by atoms with Gasteiger partial charge < -0.3 is 20.3 Å². The molecule has 1 saturated heterocycles. The molecule has 4 rings (SSSR count). The highest BCUT2D eigenvalue weighted by Crippen LogP contribution is 2.23. The van der Waals surface area contributed by atoms with Gasteiger partial charge >= 0.3 is 0 Å². The van der Waals surface area contributed by atoms with Crippen LogP contribution in [0.25, 0.3) is 0 Å². The Kier molecular flexibility index (Phi) is 7.30. The van der Waals surface area contributed by atoms with Crippen molar-refractivity contribution in [3.05, 3.63) is 89.6 Å². The van der Waals surface area contributed by atoms with Crippen molar-refractivity contribution < 1.29 is 9.53 Å². The van der Waals surface area contributed by atoms with E-state index in [4.69, 9.17) is 10.00 Å². The SMILES string of the molecule is COC1CN(c2ccc(NC(=O)[C@H](NCCc3ccc(C#N)cc3)c3ccccc3)nc2)C1. The Bertz CT molecular complexity index is 1090. The van der Waals surface area contributed by atoms with Gasteiger partial charge in [-0.25, -0.2) is 4.98 Å². The van der Waals surface area contributed by atoms with Crippen LogP contribution in [0.2, 0.25) is 0 Å². The van der Waals surface area contributed by atoms with Gasteiger partial charge in [0.1, 0.15) is 11.9 Å². The molecule has 0 saturated carbocycles. The van der Waals surface area contributed by atoms with Gasteiger partial charge in [-0.3, -0.25) is 4.79 Å². The predicted octanol–water partition coefficient (Wildman–Crippen LogP) is 3.30. The van der Waals surface area contributed by atoms with Gasteiger partial charge in [-0.1, -0.05) is 42.5 Å². The number of aromatic nitrogens is 1. The lowest BCUT2D eigenvalue weighted by molar-refractivity contribution is -0.118. The summed E-state index contributed by atoms with van der Waals surface area (Å²) in [5.74, 6) is 0.354. The molecule has 168 valence electrons. The highest BCUT2D eigenvalue weighted by Gasteiger charge is 2.27. The van der Waals surface area contributed by atoms with Gasteiger partial charge in [-0.15, -0.1) is 0 Å². The Labute approximate surface area is 194 Å². The van der Waals surface area contributed by atoms with Crippen LogP contribution in [0.5, 0.6) is 0 Å². The van der Waals surface area contributed by atoms with Crippen LogP contribution >= 0.6 is 0 Å². The van der Waals surface area contributed by atoms with E-state index in [2.05, 4.69) is 26.6 Å². The molecule has 0 spiro atoms. The van der Waals surface area contributed by atoms with Crippen molar-refractivity contribution >= 4 is 17.4 Å². The molecule has 2 heterocycles. The fraction of sp³-hybridized carbons (Fsp3) is 0.269. The molecule has 0 bridgehead atoms. The minimum atomic E-state index is -0.510. The molecule has 1 amide bonds. The van der Waals surface area contributed by atoms with E-state index in [1.54, 1.807) is 13.3 Å². The number of methoxy groups -OCH3 is 1. The maximum atomic E-state index is 13.1. The first kappa shape index (κ1) is 22.5. The molecule has 1 atom stereocenters. The third kappa shape index (κ3) is 5.75. The molecule has 2 N–H and O–H groups in total. The topological polar surface area (TPSA) is 90.3 Å². The molecule has 7 heteroatoms. The molecule has 0 unspecified atom stereocenters. The first-order valence-corrected chi connectivity index (χ1v) is 11.0. The van der Waals surface area contributed by atoms with Crippen molar-refractivity contribution in [3.8, 4) is 6.07 Å². The second-order valence-corrected chi connectivity index (χ2v) is 8.01. The number of hydrogen-bond donors (Lipinski definition) is 2. The zero-order valence-electron chi connectivity index (χ0n) is 18.6. The maximum Gasteiger partial charge on any atom is 0.247 e. The predicted molar refractivity (Wildman–Crippen MR) is 128 cm³/mol. The van der Waals surface area contributed by atoms with Crippen LogP contribution in [0.1, 0.15) is 22.7 Å². The standard InChI is InChI=1S/C26H27N5O2/c1-33-23-17-31(18-23)22-11-12-24(29-16-22)30-26(32)25(21-5-3-2-4-6-21)28-14-13-19-7-9-20(15-27)10-8-19/h2-12,16,23,25,28H,13-14,17-18H2,1H3,(H,29,30,32)/t25-/m1/s1. The number of benzene rings is 2. The minimum Gasteiger partial charge on any atom is -0.378 e. The average Bonchev–Trinajstić information content (AvgIpc) is 2.83. The molecular weight excluding hydrogens is 414 g/mol. The number of carbonyl (C=O) groups is 1. The van der Waals surface area contributed by atoms with Crippen LogP contribution in [-0.4, -0.2) is 43.7 Å². The van der Waals surface area contributed by atoms with E-state index in [0.29, 0.717) is 17.9 Å². The molecule has 3 aromatic rings. The summed E-state index contributed by atoms with van der Waals surface area (Å²) in [6.45, 7) is 2.31. The monoisotopic (exact) mass is 441 g/mol. The highest BCUT2D eigenvalue weighted by molar-refractivity contribution is 5.94. The van der Waals surface area contributed by atoms with E-state index in [-0.39, 0.29) is 12.0 Å². The Balaban J connectivity index is 1.38. The number of nitriles is 1. The normalized spacial score (nSPS) is 14.2. The Morgan fingerprint density at radius 3 is 2.55 bits per heavy atom. The van der Waals surface area contributed by atoms with Gasteiger partial charge in [0.05, 0.1) is 29.6 Å². The number of anilines is 2. The fourth-order valence-electron chi connectivity index (χ4n) is 3.76. The van der Waals surface area contributed by atoms with Gasteiger partial charge in [-0.05, 0) is 41.8 Å². The Hall–Kier alpha value is -3.73. The Morgan fingerprint density at radius 1 is 1.15 bits per heavy atom. The van der Waals surface area contributed by atoms with Crippen LogP contribution in [0.15, 0.2) is 72.9 Å². The van der Waals surface area contributed by atoms with E-state index in [1.807, 2.05) is 66.7 Å². The van der Waals surface area contributed by atoms with Crippen LogP contribution in [0.3, 0.4) is 0 Å². The van der Waals surface area contributed by atoms with E-state index in [9.17, 15) is 4.79 Å². The summed E-state index contributed by atoms with van der Waals surface area (Å²) in [6, 6.07) is 22.5. The second-order valence-electron chi connectivity index (χ2n) is 8.01. The molecule has 2 aromatic carbocycles. The molecule has 0 aliphatic carbocycles. The summed E-state index contributed by atoms with van der Waals surface area (Å²) in [7, 11) is 1.72. The van der Waals surface area contributed by atoms with E-state index >= 15 is 0 Å². The zero-order valence-corrected chi connectivity index (χ0v) is 18.6. The lowest BCUT2D eigenvalue weighted by atomic mass is 10.1. The first-order chi connectivity index (χ1) is 16.2. The summed E-state index contributed by atoms with van der Waals surface area (Å²) >= 11 is 0. The zero-order chi connectivity index (χ0) is 23.0. The third-order valence-electron chi connectivity index (χ3n) is 5.79. The lowest BCUT2D eigenvalue weighted by Gasteiger charge is -2.39. The van der Waals surface area contributed by atoms with Crippen LogP contribution < -0.4 is 15.5 Å². The van der Waals surface area contributed by atoms with Crippen molar-refractivity contribution in [2.75, 3.05) is 37.0 Å². The van der Waals surface area contributed by atoms with Crippen molar-refractivity contribution in [2.45, 2.75) is 18.6 Å². The number of carbonyl (C=O) groups excluding carboxylic acids is 1. The molecule has 0 radical (unpaired) electrons. The first-order valence-electron chi connectivity index (χ1n) is 11.0. The molecule has 1 fully saturated rings. The van der Waals surface area contributed by atoms with Gasteiger partial charge in [0.15, 0.2) is 0 Å². The summed E-state index contributed by atoms with van der Waals surface area (Å²) in [6.07, 6.45) is 2.79. The minimum absolute atomic E-state index is 0.162. The van der Waals surface area contributed by atoms with Gasteiger partial charge in [0, 0.05) is 26.7 Å². The molecule has 1 aliphatic rings. The smallest absolute Gasteiger partial charge is 0.247 e. The number of nitrogens with zero attached hydrogens (tertiary/aromatic N) is 3. The van der Waals surface area contributed by atoms with E-state index in [1.165, 1.54) is 0 Å². The molecule has 1 aliphatic heterocycles. The van der Waals surface area contributed by atoms with Gasteiger partial charge in [0.25, 0.3) is 0 Å². The van der Waals surface area contributed by atoms with Crippen LogP contribution in [-0.2, 0) is 16.0 Å². The second kappa shape index (κ2) is 10.7. The molecule has 7 nitrogen and oxygen atoms in total. The number of ether oxygens (including phenoxy) is 1.